The van der Waals surface area contributed by atoms with E-state index in [1.54, 1.807) is 22.5 Å². The van der Waals surface area contributed by atoms with Gasteiger partial charge >= 0.3 is 0 Å². The first-order chi connectivity index (χ1) is 7.65. The summed E-state index contributed by atoms with van der Waals surface area (Å²) in [5.41, 5.74) is 0.916. The van der Waals surface area contributed by atoms with Gasteiger partial charge in [0.05, 0.1) is 5.69 Å². The molecule has 1 N–H and O–H groups in total. The van der Waals surface area contributed by atoms with E-state index in [2.05, 4.69) is 5.10 Å². The number of halogens is 1. The number of benzene rings is 1. The maximum absolute atomic E-state index is 11.1. The van der Waals surface area contributed by atoms with Gasteiger partial charge in [-0.05, 0) is 24.3 Å². The first-order valence-electron chi connectivity index (χ1n) is 4.78. The van der Waals surface area contributed by atoms with Crippen LogP contribution in [0.4, 0.5) is 0 Å². The third-order valence-electron chi connectivity index (χ3n) is 2.21. The number of aromatic amines is 1. The number of rotatable bonds is 3. The minimum absolute atomic E-state index is 0.0609. The normalized spacial score (nSPS) is 10.6. The van der Waals surface area contributed by atoms with Crippen molar-refractivity contribution in [2.45, 2.75) is 10.6 Å². The van der Waals surface area contributed by atoms with Gasteiger partial charge in [0, 0.05) is 28.8 Å². The number of nitrogens with zero attached hydrogens (tertiary/aromatic N) is 1. The van der Waals surface area contributed by atoms with Gasteiger partial charge in [-0.2, -0.15) is 0 Å². The number of thioether (sulfide) groups is 1. The Morgan fingerprint density at radius 3 is 2.62 bits per heavy atom. The van der Waals surface area contributed by atoms with Crippen molar-refractivity contribution in [3.63, 3.8) is 0 Å². The van der Waals surface area contributed by atoms with Gasteiger partial charge < -0.3 is 0 Å². The van der Waals surface area contributed by atoms with Crippen molar-refractivity contribution in [2.24, 2.45) is 7.05 Å². The Morgan fingerprint density at radius 2 is 2.06 bits per heavy atom. The van der Waals surface area contributed by atoms with Crippen molar-refractivity contribution in [2.75, 3.05) is 0 Å². The van der Waals surface area contributed by atoms with E-state index >= 15 is 0 Å². The Bertz CT molecular complexity index is 530. The Morgan fingerprint density at radius 1 is 1.38 bits per heavy atom. The fourth-order valence-electron chi connectivity index (χ4n) is 1.34. The smallest absolute Gasteiger partial charge is 0.264 e. The van der Waals surface area contributed by atoms with Crippen LogP contribution in [0.5, 0.6) is 0 Å². The molecule has 2 aromatic rings. The molecule has 1 heterocycles. The van der Waals surface area contributed by atoms with Gasteiger partial charge in [0.1, 0.15) is 0 Å². The monoisotopic (exact) mass is 254 g/mol. The average molecular weight is 255 g/mol. The van der Waals surface area contributed by atoms with Gasteiger partial charge in [-0.25, -0.2) is 0 Å². The average Bonchev–Trinajstić information content (AvgIpc) is 2.57. The Hall–Kier alpha value is -1.13. The summed E-state index contributed by atoms with van der Waals surface area (Å²) in [6.07, 6.45) is 0. The van der Waals surface area contributed by atoms with Crippen molar-refractivity contribution in [3.8, 4) is 0 Å². The number of aromatic nitrogens is 2. The second kappa shape index (κ2) is 4.80. The van der Waals surface area contributed by atoms with E-state index in [0.717, 1.165) is 21.4 Å². The summed E-state index contributed by atoms with van der Waals surface area (Å²) in [6, 6.07) is 9.28. The zero-order chi connectivity index (χ0) is 11.5. The summed E-state index contributed by atoms with van der Waals surface area (Å²) < 4.78 is 1.74. The number of hydrogen-bond acceptors (Lipinski definition) is 2. The maximum atomic E-state index is 11.1. The van der Waals surface area contributed by atoms with Gasteiger partial charge in [0.25, 0.3) is 5.56 Å². The molecule has 0 saturated heterocycles. The number of aryl methyl sites for hydroxylation is 1. The molecular weight excluding hydrogens is 244 g/mol. The van der Waals surface area contributed by atoms with E-state index in [1.165, 1.54) is 0 Å². The molecular formula is C11H11ClN2OS. The van der Waals surface area contributed by atoms with Gasteiger partial charge in [0.2, 0.25) is 0 Å². The lowest BCUT2D eigenvalue weighted by atomic mass is 10.4. The molecule has 0 aliphatic carbocycles. The Labute approximate surface area is 102 Å². The van der Waals surface area contributed by atoms with Crippen LogP contribution in [0.25, 0.3) is 0 Å². The van der Waals surface area contributed by atoms with E-state index in [0.29, 0.717) is 0 Å². The van der Waals surface area contributed by atoms with E-state index < -0.39 is 0 Å². The highest BCUT2D eigenvalue weighted by Crippen LogP contribution is 2.23. The summed E-state index contributed by atoms with van der Waals surface area (Å²) in [4.78, 5) is 12.2. The van der Waals surface area contributed by atoms with Crippen molar-refractivity contribution in [1.82, 2.24) is 9.78 Å². The molecule has 0 aliphatic heterocycles. The summed E-state index contributed by atoms with van der Waals surface area (Å²) in [5, 5.41) is 3.41. The largest absolute Gasteiger partial charge is 0.291 e. The van der Waals surface area contributed by atoms with Crippen LogP contribution in [0, 0.1) is 0 Å². The van der Waals surface area contributed by atoms with Crippen LogP contribution in [0.2, 0.25) is 5.02 Å². The van der Waals surface area contributed by atoms with Crippen molar-refractivity contribution in [3.05, 3.63) is 51.4 Å². The van der Waals surface area contributed by atoms with Crippen molar-refractivity contribution < 1.29 is 0 Å². The van der Waals surface area contributed by atoms with Crippen LogP contribution < -0.4 is 5.56 Å². The molecule has 0 unspecified atom stereocenters. The van der Waals surface area contributed by atoms with Crippen LogP contribution in [0.15, 0.2) is 40.0 Å². The molecule has 0 atom stereocenters. The first kappa shape index (κ1) is 11.4. The highest BCUT2D eigenvalue weighted by Gasteiger charge is 2.02. The SMILES string of the molecule is Cn1[nH]c(=O)cc1CSc1ccc(Cl)cc1. The standard InChI is InChI=1S/C11H11ClN2OS/c1-14-9(6-11(15)13-14)7-16-10-4-2-8(12)3-5-10/h2-6H,7H2,1H3,(H,13,15). The van der Waals surface area contributed by atoms with Crippen LogP contribution in [-0.2, 0) is 12.8 Å². The quantitative estimate of drug-likeness (QED) is 0.856. The summed E-state index contributed by atoms with van der Waals surface area (Å²) in [6.45, 7) is 0. The number of hydrogen-bond donors (Lipinski definition) is 1. The number of nitrogens with one attached hydrogen (secondary N) is 1. The summed E-state index contributed by atoms with van der Waals surface area (Å²) in [7, 11) is 1.83. The predicted octanol–water partition coefficient (Wildman–Crippen LogP) is 2.66. The highest BCUT2D eigenvalue weighted by atomic mass is 35.5. The van der Waals surface area contributed by atoms with Crippen LogP contribution in [0.1, 0.15) is 5.69 Å². The zero-order valence-corrected chi connectivity index (χ0v) is 10.3. The molecule has 5 heteroatoms. The molecule has 84 valence electrons. The molecule has 1 aromatic carbocycles. The van der Waals surface area contributed by atoms with Crippen molar-refractivity contribution in [1.29, 1.82) is 0 Å². The summed E-state index contributed by atoms with van der Waals surface area (Å²) in [5.74, 6) is 0.761. The van der Waals surface area contributed by atoms with Gasteiger partial charge in [-0.3, -0.25) is 14.6 Å². The Kier molecular flexibility index (Phi) is 3.41. The maximum Gasteiger partial charge on any atom is 0.264 e. The summed E-state index contributed by atoms with van der Waals surface area (Å²) >= 11 is 7.47. The van der Waals surface area contributed by atoms with Crippen LogP contribution >= 0.6 is 23.4 Å². The third-order valence-corrected chi connectivity index (χ3v) is 3.50. The lowest BCUT2D eigenvalue weighted by molar-refractivity contribution is 0.727. The molecule has 0 amide bonds. The van der Waals surface area contributed by atoms with Gasteiger partial charge in [-0.1, -0.05) is 11.6 Å². The minimum atomic E-state index is -0.0609. The molecule has 0 bridgehead atoms. The van der Waals surface area contributed by atoms with Crippen LogP contribution in [0.3, 0.4) is 0 Å². The van der Waals surface area contributed by atoms with E-state index in [4.69, 9.17) is 11.6 Å². The lowest BCUT2D eigenvalue weighted by Crippen LogP contribution is -2.01. The van der Waals surface area contributed by atoms with Crippen LogP contribution in [-0.4, -0.2) is 9.78 Å². The highest BCUT2D eigenvalue weighted by molar-refractivity contribution is 7.98. The molecule has 0 fully saturated rings. The third kappa shape index (κ3) is 2.71. The van der Waals surface area contributed by atoms with Crippen molar-refractivity contribution >= 4 is 23.4 Å². The predicted molar refractivity (Wildman–Crippen MR) is 67.0 cm³/mol. The van der Waals surface area contributed by atoms with Gasteiger partial charge in [-0.15, -0.1) is 11.8 Å². The minimum Gasteiger partial charge on any atom is -0.291 e. The number of H-pyrrole nitrogens is 1. The molecule has 3 nitrogen and oxygen atoms in total. The second-order valence-electron chi connectivity index (χ2n) is 3.41. The fourth-order valence-corrected chi connectivity index (χ4v) is 2.39. The molecule has 0 saturated carbocycles. The topological polar surface area (TPSA) is 37.8 Å². The Balaban J connectivity index is 2.05. The van der Waals surface area contributed by atoms with E-state index in [-0.39, 0.29) is 5.56 Å². The van der Waals surface area contributed by atoms with E-state index in [9.17, 15) is 4.79 Å². The first-order valence-corrected chi connectivity index (χ1v) is 6.15. The van der Waals surface area contributed by atoms with E-state index in [1.807, 2.05) is 31.3 Å². The zero-order valence-electron chi connectivity index (χ0n) is 8.74. The molecule has 0 aliphatic rings. The molecule has 2 rings (SSSR count). The van der Waals surface area contributed by atoms with Gasteiger partial charge in [0.15, 0.2) is 0 Å². The molecule has 1 aromatic heterocycles. The fraction of sp³-hybridized carbons (Fsp3) is 0.182. The molecule has 0 spiro atoms. The second-order valence-corrected chi connectivity index (χ2v) is 4.90. The molecule has 0 radical (unpaired) electrons. The lowest BCUT2D eigenvalue weighted by Gasteiger charge is -2.02. The molecule has 16 heavy (non-hydrogen) atoms.